The number of fused-ring (bicyclic) bond motifs is 1. The van der Waals surface area contributed by atoms with Gasteiger partial charge in [-0.25, -0.2) is 4.98 Å². The van der Waals surface area contributed by atoms with Crippen molar-refractivity contribution < 1.29 is 9.47 Å². The summed E-state index contributed by atoms with van der Waals surface area (Å²) in [5.41, 5.74) is 5.86. The second-order valence-electron chi connectivity index (χ2n) is 3.83. The van der Waals surface area contributed by atoms with Crippen LogP contribution in [0, 0.1) is 0 Å². The molecule has 0 aliphatic rings. The molecule has 0 saturated carbocycles. The maximum absolute atomic E-state index is 11.6. The number of aromatic amines is 1. The van der Waals surface area contributed by atoms with Gasteiger partial charge in [-0.3, -0.25) is 9.78 Å². The van der Waals surface area contributed by atoms with Crippen molar-refractivity contribution in [3.8, 4) is 0 Å². The van der Waals surface area contributed by atoms with E-state index in [4.69, 9.17) is 15.2 Å². The lowest BCUT2D eigenvalue weighted by molar-refractivity contribution is 0.0189. The van der Waals surface area contributed by atoms with E-state index >= 15 is 0 Å². The van der Waals surface area contributed by atoms with Crippen LogP contribution >= 0.6 is 0 Å². The average Bonchev–Trinajstić information content (AvgIpc) is 2.72. The van der Waals surface area contributed by atoms with E-state index in [2.05, 4.69) is 15.0 Å². The van der Waals surface area contributed by atoms with Gasteiger partial charge >= 0.3 is 0 Å². The van der Waals surface area contributed by atoms with Gasteiger partial charge in [-0.1, -0.05) is 0 Å². The summed E-state index contributed by atoms with van der Waals surface area (Å²) in [7, 11) is 3.19. The number of imidazole rings is 1. The highest BCUT2D eigenvalue weighted by Gasteiger charge is 2.13. The number of anilines is 1. The van der Waals surface area contributed by atoms with Gasteiger partial charge in [0.15, 0.2) is 11.2 Å². The molecule has 0 spiro atoms. The lowest BCUT2D eigenvalue weighted by Gasteiger charge is -2.14. The van der Waals surface area contributed by atoms with Crippen LogP contribution in [0.2, 0.25) is 0 Å². The summed E-state index contributed by atoms with van der Waals surface area (Å²) in [4.78, 5) is 22.1. The van der Waals surface area contributed by atoms with Crippen LogP contribution < -0.4 is 11.3 Å². The van der Waals surface area contributed by atoms with Gasteiger partial charge in [0.05, 0.1) is 25.6 Å². The lowest BCUT2D eigenvalue weighted by Crippen LogP contribution is -2.24. The first-order valence-electron chi connectivity index (χ1n) is 5.38. The highest BCUT2D eigenvalue weighted by atomic mass is 16.5. The highest BCUT2D eigenvalue weighted by molar-refractivity contribution is 5.70. The molecule has 2 aromatic rings. The smallest absolute Gasteiger partial charge is 0.280 e. The normalized spacial score (nSPS) is 13.0. The Bertz CT molecular complexity index is 591. The number of nitrogens with two attached hydrogens (primary N) is 1. The molecule has 18 heavy (non-hydrogen) atoms. The van der Waals surface area contributed by atoms with Gasteiger partial charge < -0.3 is 19.8 Å². The van der Waals surface area contributed by atoms with Crippen molar-refractivity contribution >= 4 is 17.1 Å². The van der Waals surface area contributed by atoms with E-state index in [0.717, 1.165) is 0 Å². The standard InChI is InChI=1S/C10H15N5O3/c1-17-4-6(18-2)3-15-5-12-7-8(15)13-10(11)14-9(7)16/h5-6H,3-4H2,1-2H3,(H3,11,13,14,16). The maximum atomic E-state index is 11.6. The Morgan fingerprint density at radius 3 is 3.00 bits per heavy atom. The van der Waals surface area contributed by atoms with Crippen LogP contribution in [0.5, 0.6) is 0 Å². The molecule has 0 amide bonds. The van der Waals surface area contributed by atoms with E-state index in [9.17, 15) is 4.79 Å². The Balaban J connectivity index is 2.37. The van der Waals surface area contributed by atoms with Crippen LogP contribution in [0.1, 0.15) is 0 Å². The van der Waals surface area contributed by atoms with Crippen molar-refractivity contribution in [1.29, 1.82) is 0 Å². The summed E-state index contributed by atoms with van der Waals surface area (Å²) in [5, 5.41) is 0. The summed E-state index contributed by atoms with van der Waals surface area (Å²) in [6, 6.07) is 0. The summed E-state index contributed by atoms with van der Waals surface area (Å²) in [6.45, 7) is 0.922. The zero-order valence-corrected chi connectivity index (χ0v) is 10.2. The van der Waals surface area contributed by atoms with Gasteiger partial charge in [-0.15, -0.1) is 0 Å². The van der Waals surface area contributed by atoms with Crippen molar-refractivity contribution in [2.45, 2.75) is 12.6 Å². The van der Waals surface area contributed by atoms with E-state index in [-0.39, 0.29) is 23.1 Å². The number of hydrogen-bond acceptors (Lipinski definition) is 6. The molecule has 0 bridgehead atoms. The van der Waals surface area contributed by atoms with Gasteiger partial charge in [-0.2, -0.15) is 4.98 Å². The molecule has 2 aromatic heterocycles. The number of aromatic nitrogens is 4. The van der Waals surface area contributed by atoms with Crippen molar-refractivity contribution in [2.75, 3.05) is 26.6 Å². The van der Waals surface area contributed by atoms with Crippen molar-refractivity contribution in [1.82, 2.24) is 19.5 Å². The van der Waals surface area contributed by atoms with E-state index in [1.807, 2.05) is 0 Å². The number of methoxy groups -OCH3 is 2. The molecule has 2 rings (SSSR count). The summed E-state index contributed by atoms with van der Waals surface area (Å²) >= 11 is 0. The van der Waals surface area contributed by atoms with Gasteiger partial charge in [-0.05, 0) is 0 Å². The minimum Gasteiger partial charge on any atom is -0.382 e. The average molecular weight is 253 g/mol. The van der Waals surface area contributed by atoms with Crippen LogP contribution in [-0.2, 0) is 16.0 Å². The van der Waals surface area contributed by atoms with E-state index in [0.29, 0.717) is 18.8 Å². The molecule has 1 unspecified atom stereocenters. The number of nitrogen functional groups attached to an aromatic ring is 1. The monoisotopic (exact) mass is 253 g/mol. The van der Waals surface area contributed by atoms with Gasteiger partial charge in [0.1, 0.15) is 0 Å². The van der Waals surface area contributed by atoms with Crippen LogP contribution in [0.3, 0.4) is 0 Å². The Kier molecular flexibility index (Phi) is 3.58. The molecular formula is C10H15N5O3. The van der Waals surface area contributed by atoms with E-state index < -0.39 is 0 Å². The number of nitrogens with one attached hydrogen (secondary N) is 1. The minimum absolute atomic E-state index is 0.0648. The zero-order chi connectivity index (χ0) is 13.1. The minimum atomic E-state index is -0.350. The number of rotatable bonds is 5. The summed E-state index contributed by atoms with van der Waals surface area (Å²) in [5.74, 6) is 0.0648. The van der Waals surface area contributed by atoms with E-state index in [1.165, 1.54) is 6.33 Å². The first-order valence-corrected chi connectivity index (χ1v) is 5.38. The van der Waals surface area contributed by atoms with Crippen LogP contribution in [0.4, 0.5) is 5.95 Å². The molecule has 98 valence electrons. The highest BCUT2D eigenvalue weighted by Crippen LogP contribution is 2.08. The Morgan fingerprint density at radius 1 is 1.56 bits per heavy atom. The van der Waals surface area contributed by atoms with Crippen LogP contribution in [-0.4, -0.2) is 46.4 Å². The molecular weight excluding hydrogens is 238 g/mol. The molecule has 0 saturated heterocycles. The second-order valence-corrected chi connectivity index (χ2v) is 3.83. The van der Waals surface area contributed by atoms with Gasteiger partial charge in [0.25, 0.3) is 5.56 Å². The first-order chi connectivity index (χ1) is 8.65. The number of hydrogen-bond donors (Lipinski definition) is 2. The third-order valence-corrected chi connectivity index (χ3v) is 2.58. The van der Waals surface area contributed by atoms with E-state index in [1.54, 1.807) is 18.8 Å². The van der Waals surface area contributed by atoms with Crippen molar-refractivity contribution in [3.63, 3.8) is 0 Å². The molecule has 2 heterocycles. The second kappa shape index (κ2) is 5.15. The Hall–Kier alpha value is -1.93. The molecule has 3 N–H and O–H groups in total. The topological polar surface area (TPSA) is 108 Å². The van der Waals surface area contributed by atoms with Gasteiger partial charge in [0.2, 0.25) is 5.95 Å². The Labute approximate surface area is 103 Å². The molecule has 0 radical (unpaired) electrons. The number of nitrogens with zero attached hydrogens (tertiary/aromatic N) is 3. The SMILES string of the molecule is COCC(Cn1cnc2c(=O)[nH]c(N)nc21)OC. The quantitative estimate of drug-likeness (QED) is 0.734. The predicted octanol–water partition coefficient (Wildman–Crippen LogP) is -0.637. The zero-order valence-electron chi connectivity index (χ0n) is 10.2. The molecule has 1 atom stereocenters. The lowest BCUT2D eigenvalue weighted by atomic mass is 10.3. The molecule has 0 aliphatic carbocycles. The predicted molar refractivity (Wildman–Crippen MR) is 65.2 cm³/mol. The molecule has 0 aromatic carbocycles. The molecule has 8 heteroatoms. The molecule has 0 fully saturated rings. The van der Waals surface area contributed by atoms with Gasteiger partial charge in [0, 0.05) is 14.2 Å². The Morgan fingerprint density at radius 2 is 2.33 bits per heavy atom. The first kappa shape index (κ1) is 12.5. The number of H-pyrrole nitrogens is 1. The third kappa shape index (κ3) is 2.34. The third-order valence-electron chi connectivity index (χ3n) is 2.58. The fraction of sp³-hybridized carbons (Fsp3) is 0.500. The largest absolute Gasteiger partial charge is 0.382 e. The van der Waals surface area contributed by atoms with Crippen LogP contribution in [0.15, 0.2) is 11.1 Å². The summed E-state index contributed by atoms with van der Waals surface area (Å²) < 4.78 is 12.0. The van der Waals surface area contributed by atoms with Crippen molar-refractivity contribution in [2.24, 2.45) is 0 Å². The van der Waals surface area contributed by atoms with Crippen LogP contribution in [0.25, 0.3) is 11.2 Å². The molecule has 0 aliphatic heterocycles. The number of ether oxygens (including phenoxy) is 2. The summed E-state index contributed by atoms with van der Waals surface area (Å²) in [6.07, 6.45) is 1.39. The maximum Gasteiger partial charge on any atom is 0.280 e. The fourth-order valence-corrected chi connectivity index (χ4v) is 1.70. The fourth-order valence-electron chi connectivity index (χ4n) is 1.70. The van der Waals surface area contributed by atoms with Crippen molar-refractivity contribution in [3.05, 3.63) is 16.7 Å². The molecule has 8 nitrogen and oxygen atoms in total.